The number of hydrogen-bond donors (Lipinski definition) is 2. The lowest BCUT2D eigenvalue weighted by Crippen LogP contribution is -2.27. The van der Waals surface area contributed by atoms with Gasteiger partial charge < -0.3 is 10.4 Å². The molecule has 1 saturated carbocycles. The van der Waals surface area contributed by atoms with Crippen LogP contribution in [-0.2, 0) is 0 Å². The Hall–Kier alpha value is -1.18. The van der Waals surface area contributed by atoms with Gasteiger partial charge in [-0.15, -0.1) is 0 Å². The number of nitrogens with one attached hydrogen (secondary N) is 1. The second kappa shape index (κ2) is 5.44. The first kappa shape index (κ1) is 12.3. The van der Waals surface area contributed by atoms with Crippen LogP contribution in [0.1, 0.15) is 44.6 Å². The molecule has 1 aliphatic rings. The summed E-state index contributed by atoms with van der Waals surface area (Å²) in [6.45, 7) is 4.32. The van der Waals surface area contributed by atoms with E-state index in [9.17, 15) is 5.11 Å². The van der Waals surface area contributed by atoms with Gasteiger partial charge in [0.2, 0.25) is 0 Å². The van der Waals surface area contributed by atoms with Gasteiger partial charge in [0.25, 0.3) is 0 Å². The summed E-state index contributed by atoms with van der Waals surface area (Å²) in [4.78, 5) is 0. The zero-order valence-electron chi connectivity index (χ0n) is 10.9. The number of phenols is 1. The third-order valence-corrected chi connectivity index (χ3v) is 3.95. The Kier molecular flexibility index (Phi) is 3.93. The van der Waals surface area contributed by atoms with Crippen LogP contribution in [0, 0.1) is 12.8 Å². The van der Waals surface area contributed by atoms with Crippen molar-refractivity contribution in [2.75, 3.05) is 5.32 Å². The van der Waals surface area contributed by atoms with Crippen molar-refractivity contribution in [3.05, 3.63) is 23.8 Å². The van der Waals surface area contributed by atoms with Crippen LogP contribution in [0.5, 0.6) is 5.75 Å². The van der Waals surface area contributed by atoms with E-state index < -0.39 is 0 Å². The van der Waals surface area contributed by atoms with Gasteiger partial charge in [-0.25, -0.2) is 0 Å². The second-order valence-corrected chi connectivity index (χ2v) is 5.33. The van der Waals surface area contributed by atoms with Gasteiger partial charge in [-0.2, -0.15) is 0 Å². The number of hydrogen-bond acceptors (Lipinski definition) is 2. The Balaban J connectivity index is 1.99. The van der Waals surface area contributed by atoms with E-state index in [1.807, 2.05) is 19.1 Å². The fraction of sp³-hybridized carbons (Fsp3) is 0.600. The van der Waals surface area contributed by atoms with E-state index in [4.69, 9.17) is 0 Å². The summed E-state index contributed by atoms with van der Waals surface area (Å²) in [6.07, 6.45) is 6.87. The summed E-state index contributed by atoms with van der Waals surface area (Å²) in [5.74, 6) is 1.15. The molecule has 1 atom stereocenters. The Morgan fingerprint density at radius 2 is 1.94 bits per heavy atom. The Morgan fingerprint density at radius 3 is 2.59 bits per heavy atom. The van der Waals surface area contributed by atoms with Gasteiger partial charge in [0.1, 0.15) is 5.75 Å². The summed E-state index contributed by atoms with van der Waals surface area (Å²) in [7, 11) is 0. The molecule has 0 spiro atoms. The molecule has 0 aliphatic heterocycles. The highest BCUT2D eigenvalue weighted by Gasteiger charge is 2.20. The topological polar surface area (TPSA) is 32.3 Å². The van der Waals surface area contributed by atoms with Gasteiger partial charge in [-0.3, -0.25) is 0 Å². The molecule has 0 heterocycles. The monoisotopic (exact) mass is 233 g/mol. The lowest BCUT2D eigenvalue weighted by molar-refractivity contribution is 0.328. The predicted molar refractivity (Wildman–Crippen MR) is 72.5 cm³/mol. The largest absolute Gasteiger partial charge is 0.508 e. The molecule has 0 aromatic heterocycles. The van der Waals surface area contributed by atoms with Crippen molar-refractivity contribution in [2.45, 2.75) is 52.0 Å². The van der Waals surface area contributed by atoms with Crippen LogP contribution in [0.4, 0.5) is 5.69 Å². The summed E-state index contributed by atoms with van der Waals surface area (Å²) >= 11 is 0. The Morgan fingerprint density at radius 1 is 1.24 bits per heavy atom. The van der Waals surface area contributed by atoms with E-state index in [2.05, 4.69) is 12.2 Å². The average Bonchev–Trinajstić information content (AvgIpc) is 2.34. The number of aryl methyl sites for hydroxylation is 1. The van der Waals surface area contributed by atoms with Gasteiger partial charge in [0.05, 0.1) is 0 Å². The summed E-state index contributed by atoms with van der Waals surface area (Å²) in [5.41, 5.74) is 2.27. The predicted octanol–water partition coefficient (Wildman–Crippen LogP) is 4.08. The van der Waals surface area contributed by atoms with Crippen molar-refractivity contribution in [1.29, 1.82) is 0 Å². The zero-order valence-corrected chi connectivity index (χ0v) is 10.9. The molecule has 1 aliphatic carbocycles. The summed E-state index contributed by atoms with van der Waals surface area (Å²) in [6, 6.07) is 6.07. The maximum absolute atomic E-state index is 9.39. The first-order chi connectivity index (χ1) is 8.16. The van der Waals surface area contributed by atoms with Crippen LogP contribution in [0.25, 0.3) is 0 Å². The molecule has 2 heteroatoms. The first-order valence-electron chi connectivity index (χ1n) is 6.73. The molecular weight excluding hydrogens is 210 g/mol. The second-order valence-electron chi connectivity index (χ2n) is 5.33. The van der Waals surface area contributed by atoms with Crippen LogP contribution in [0.15, 0.2) is 18.2 Å². The maximum atomic E-state index is 9.39. The zero-order chi connectivity index (χ0) is 12.3. The van der Waals surface area contributed by atoms with Crippen LogP contribution in [0.2, 0.25) is 0 Å². The van der Waals surface area contributed by atoms with E-state index in [1.54, 1.807) is 6.07 Å². The Labute approximate surface area is 104 Å². The van der Waals surface area contributed by atoms with E-state index in [-0.39, 0.29) is 0 Å². The third-order valence-electron chi connectivity index (χ3n) is 3.95. The normalized spacial score (nSPS) is 18.9. The molecule has 2 nitrogen and oxygen atoms in total. The highest BCUT2D eigenvalue weighted by atomic mass is 16.3. The molecule has 17 heavy (non-hydrogen) atoms. The van der Waals surface area contributed by atoms with E-state index in [1.165, 1.54) is 32.1 Å². The molecule has 0 bridgehead atoms. The molecule has 1 unspecified atom stereocenters. The van der Waals surface area contributed by atoms with E-state index in [0.717, 1.165) is 17.2 Å². The van der Waals surface area contributed by atoms with Crippen molar-refractivity contribution >= 4 is 5.69 Å². The fourth-order valence-corrected chi connectivity index (χ4v) is 2.81. The highest BCUT2D eigenvalue weighted by molar-refractivity contribution is 5.53. The molecule has 0 amide bonds. The summed E-state index contributed by atoms with van der Waals surface area (Å²) < 4.78 is 0. The minimum atomic E-state index is 0.346. The lowest BCUT2D eigenvalue weighted by atomic mass is 9.84. The molecule has 0 radical (unpaired) electrons. The van der Waals surface area contributed by atoms with E-state index >= 15 is 0 Å². The van der Waals surface area contributed by atoms with Crippen LogP contribution >= 0.6 is 0 Å². The van der Waals surface area contributed by atoms with Crippen molar-refractivity contribution < 1.29 is 5.11 Å². The minimum absolute atomic E-state index is 0.346. The molecule has 1 fully saturated rings. The van der Waals surface area contributed by atoms with Crippen molar-refractivity contribution in [1.82, 2.24) is 0 Å². The van der Waals surface area contributed by atoms with Crippen molar-refractivity contribution in [3.8, 4) is 5.75 Å². The van der Waals surface area contributed by atoms with Gasteiger partial charge in [0, 0.05) is 11.7 Å². The fourth-order valence-electron chi connectivity index (χ4n) is 2.81. The molecule has 0 saturated heterocycles. The quantitative estimate of drug-likeness (QED) is 0.771. The molecular formula is C15H23NO. The highest BCUT2D eigenvalue weighted by Crippen LogP contribution is 2.29. The average molecular weight is 233 g/mol. The smallest absolute Gasteiger partial charge is 0.115 e. The van der Waals surface area contributed by atoms with Crippen LogP contribution < -0.4 is 5.32 Å². The number of rotatable bonds is 3. The lowest BCUT2D eigenvalue weighted by Gasteiger charge is -2.29. The number of benzene rings is 1. The third kappa shape index (κ3) is 3.15. The van der Waals surface area contributed by atoms with Crippen molar-refractivity contribution in [3.63, 3.8) is 0 Å². The molecule has 1 aromatic carbocycles. The summed E-state index contributed by atoms with van der Waals surface area (Å²) in [5, 5.41) is 13.0. The molecule has 94 valence electrons. The maximum Gasteiger partial charge on any atom is 0.115 e. The number of aromatic hydroxyl groups is 1. The number of anilines is 1. The van der Waals surface area contributed by atoms with Gasteiger partial charge in [-0.05, 0) is 56.4 Å². The number of phenolic OH excluding ortho intramolecular Hbond substituents is 1. The Bertz CT molecular complexity index is 369. The van der Waals surface area contributed by atoms with Crippen LogP contribution in [-0.4, -0.2) is 11.1 Å². The minimum Gasteiger partial charge on any atom is -0.508 e. The van der Waals surface area contributed by atoms with Gasteiger partial charge >= 0.3 is 0 Å². The van der Waals surface area contributed by atoms with Crippen molar-refractivity contribution in [2.24, 2.45) is 5.92 Å². The molecule has 2 N–H and O–H groups in total. The molecule has 1 aromatic rings. The first-order valence-corrected chi connectivity index (χ1v) is 6.73. The van der Waals surface area contributed by atoms with Gasteiger partial charge in [0.15, 0.2) is 0 Å². The van der Waals surface area contributed by atoms with Crippen LogP contribution in [0.3, 0.4) is 0 Å². The van der Waals surface area contributed by atoms with E-state index in [0.29, 0.717) is 11.8 Å². The standard InChI is InChI=1S/C15H23NO/c1-11-10-14(17)8-9-15(11)16-12(2)13-6-4-3-5-7-13/h8-10,12-13,16-17H,3-7H2,1-2H3. The molecule has 2 rings (SSSR count). The van der Waals surface area contributed by atoms with Gasteiger partial charge in [-0.1, -0.05) is 19.3 Å². The SMILES string of the molecule is Cc1cc(O)ccc1NC(C)C1CCCCC1.